The van der Waals surface area contributed by atoms with Crippen molar-refractivity contribution < 1.29 is 0 Å². The average Bonchev–Trinajstić information content (AvgIpc) is 2.34. The van der Waals surface area contributed by atoms with Crippen molar-refractivity contribution in [3.63, 3.8) is 0 Å². The zero-order valence-electron chi connectivity index (χ0n) is 8.98. The Labute approximate surface area is 94.7 Å². The molecule has 0 bridgehead atoms. The third kappa shape index (κ3) is 2.56. The van der Waals surface area contributed by atoms with Crippen LogP contribution in [0.5, 0.6) is 0 Å². The topological polar surface area (TPSA) is 48.7 Å². The van der Waals surface area contributed by atoms with E-state index in [4.69, 9.17) is 5.26 Å². The first-order valence-corrected chi connectivity index (χ1v) is 5.30. The number of hydrogen-bond donors (Lipinski definition) is 1. The van der Waals surface area contributed by atoms with E-state index >= 15 is 0 Å². The Bertz CT molecular complexity index is 514. The van der Waals surface area contributed by atoms with Crippen LogP contribution in [0.4, 0.5) is 0 Å². The summed E-state index contributed by atoms with van der Waals surface area (Å²) in [6.45, 7) is 1.55. The Balaban J connectivity index is 2.05. The molecule has 3 heteroatoms. The molecule has 80 valence electrons. The fourth-order valence-corrected chi connectivity index (χ4v) is 1.62. The largest absolute Gasteiger partial charge is 0.312 e. The highest BCUT2D eigenvalue weighted by molar-refractivity contribution is 5.81. The molecule has 0 aliphatic heterocycles. The third-order valence-electron chi connectivity index (χ3n) is 2.45. The van der Waals surface area contributed by atoms with Gasteiger partial charge in [-0.2, -0.15) is 5.26 Å². The highest BCUT2D eigenvalue weighted by Gasteiger charge is 1.96. The molecule has 0 unspecified atom stereocenters. The molecule has 0 radical (unpaired) electrons. The Morgan fingerprint density at radius 1 is 1.25 bits per heavy atom. The van der Waals surface area contributed by atoms with Crippen molar-refractivity contribution in [3.05, 3.63) is 42.2 Å². The van der Waals surface area contributed by atoms with E-state index in [0.717, 1.165) is 18.5 Å². The minimum Gasteiger partial charge on any atom is -0.312 e. The summed E-state index contributed by atoms with van der Waals surface area (Å²) in [4.78, 5) is 4.08. The van der Waals surface area contributed by atoms with Gasteiger partial charge in [-0.15, -0.1) is 0 Å². The molecule has 2 aromatic rings. The number of nitrogens with one attached hydrogen (secondary N) is 1. The van der Waals surface area contributed by atoms with Crippen LogP contribution < -0.4 is 5.32 Å². The zero-order valence-corrected chi connectivity index (χ0v) is 8.98. The highest BCUT2D eigenvalue weighted by Crippen LogP contribution is 2.14. The summed E-state index contributed by atoms with van der Waals surface area (Å²) in [5, 5.41) is 14.0. The van der Waals surface area contributed by atoms with Gasteiger partial charge in [0.25, 0.3) is 0 Å². The molecule has 1 N–H and O–H groups in total. The fourth-order valence-electron chi connectivity index (χ4n) is 1.62. The number of rotatable bonds is 4. The van der Waals surface area contributed by atoms with Crippen LogP contribution in [-0.2, 0) is 6.54 Å². The lowest BCUT2D eigenvalue weighted by atomic mass is 10.1. The summed E-state index contributed by atoms with van der Waals surface area (Å²) in [5.41, 5.74) is 1.23. The average molecular weight is 211 g/mol. The monoisotopic (exact) mass is 211 g/mol. The van der Waals surface area contributed by atoms with Crippen LogP contribution in [0.15, 0.2) is 36.7 Å². The second kappa shape index (κ2) is 5.24. The van der Waals surface area contributed by atoms with E-state index in [-0.39, 0.29) is 0 Å². The Kier molecular flexibility index (Phi) is 3.47. The van der Waals surface area contributed by atoms with Gasteiger partial charge in [-0.3, -0.25) is 4.98 Å². The molecule has 1 heterocycles. The smallest absolute Gasteiger partial charge is 0.0635 e. The van der Waals surface area contributed by atoms with Crippen molar-refractivity contribution in [1.82, 2.24) is 10.3 Å². The lowest BCUT2D eigenvalue weighted by Crippen LogP contribution is -2.13. The Hall–Kier alpha value is -1.92. The predicted molar refractivity (Wildman–Crippen MR) is 63.7 cm³/mol. The molecule has 0 aliphatic rings. The molecular weight excluding hydrogens is 198 g/mol. The van der Waals surface area contributed by atoms with Crippen molar-refractivity contribution in [3.8, 4) is 6.07 Å². The zero-order chi connectivity index (χ0) is 11.2. The number of nitrogens with zero attached hydrogens (tertiary/aromatic N) is 2. The third-order valence-corrected chi connectivity index (χ3v) is 2.45. The number of pyridine rings is 1. The number of fused-ring (bicyclic) bond motifs is 1. The molecule has 0 saturated carbocycles. The molecule has 0 fully saturated rings. The standard InChI is InChI=1S/C13H13N3/c14-5-1-6-15-9-11-2-3-13-10-16-7-4-12(13)8-11/h2-4,7-8,10,15H,1,6,9H2. The summed E-state index contributed by atoms with van der Waals surface area (Å²) in [5.74, 6) is 0. The van der Waals surface area contributed by atoms with Gasteiger partial charge in [0.2, 0.25) is 0 Å². The van der Waals surface area contributed by atoms with Crippen molar-refractivity contribution in [1.29, 1.82) is 5.26 Å². The van der Waals surface area contributed by atoms with E-state index < -0.39 is 0 Å². The summed E-state index contributed by atoms with van der Waals surface area (Å²) in [6.07, 6.45) is 4.22. The van der Waals surface area contributed by atoms with Crippen LogP contribution in [0.1, 0.15) is 12.0 Å². The van der Waals surface area contributed by atoms with Crippen LogP contribution in [0.25, 0.3) is 10.8 Å². The maximum atomic E-state index is 8.41. The van der Waals surface area contributed by atoms with E-state index in [2.05, 4.69) is 34.6 Å². The van der Waals surface area contributed by atoms with E-state index in [1.165, 1.54) is 10.9 Å². The highest BCUT2D eigenvalue weighted by atomic mass is 14.8. The molecule has 0 spiro atoms. The van der Waals surface area contributed by atoms with Crippen LogP contribution in [0.3, 0.4) is 0 Å². The van der Waals surface area contributed by atoms with Crippen LogP contribution in [0, 0.1) is 11.3 Å². The molecule has 0 aliphatic carbocycles. The molecule has 0 atom stereocenters. The SMILES string of the molecule is N#CCCNCc1ccc2cnccc2c1. The molecule has 0 saturated heterocycles. The summed E-state index contributed by atoms with van der Waals surface area (Å²) < 4.78 is 0. The van der Waals surface area contributed by atoms with E-state index in [9.17, 15) is 0 Å². The summed E-state index contributed by atoms with van der Waals surface area (Å²) in [7, 11) is 0. The van der Waals surface area contributed by atoms with Gasteiger partial charge in [0, 0.05) is 37.3 Å². The first-order chi connectivity index (χ1) is 7.90. The predicted octanol–water partition coefficient (Wildman–Crippen LogP) is 2.24. The normalized spacial score (nSPS) is 10.2. The van der Waals surface area contributed by atoms with Gasteiger partial charge in [0.15, 0.2) is 0 Å². The molecule has 1 aromatic heterocycles. The first-order valence-electron chi connectivity index (χ1n) is 5.30. The van der Waals surface area contributed by atoms with Gasteiger partial charge < -0.3 is 5.32 Å². The quantitative estimate of drug-likeness (QED) is 0.789. The van der Waals surface area contributed by atoms with Crippen molar-refractivity contribution in [2.45, 2.75) is 13.0 Å². The van der Waals surface area contributed by atoms with Crippen LogP contribution in [-0.4, -0.2) is 11.5 Å². The van der Waals surface area contributed by atoms with E-state index in [1.54, 1.807) is 6.20 Å². The van der Waals surface area contributed by atoms with Gasteiger partial charge in [0.1, 0.15) is 0 Å². The van der Waals surface area contributed by atoms with Crippen LogP contribution >= 0.6 is 0 Å². The minimum absolute atomic E-state index is 0.553. The minimum atomic E-state index is 0.553. The second-order valence-electron chi connectivity index (χ2n) is 3.64. The van der Waals surface area contributed by atoms with E-state index in [0.29, 0.717) is 6.42 Å². The van der Waals surface area contributed by atoms with Crippen molar-refractivity contribution in [2.75, 3.05) is 6.54 Å². The van der Waals surface area contributed by atoms with Crippen molar-refractivity contribution >= 4 is 10.8 Å². The summed E-state index contributed by atoms with van der Waals surface area (Å²) in [6, 6.07) is 10.4. The van der Waals surface area contributed by atoms with Gasteiger partial charge in [-0.05, 0) is 23.1 Å². The lowest BCUT2D eigenvalue weighted by Gasteiger charge is -2.04. The fraction of sp³-hybridized carbons (Fsp3) is 0.231. The molecular formula is C13H13N3. The Morgan fingerprint density at radius 3 is 3.06 bits per heavy atom. The van der Waals surface area contributed by atoms with Gasteiger partial charge >= 0.3 is 0 Å². The van der Waals surface area contributed by atoms with Gasteiger partial charge in [-0.25, -0.2) is 0 Å². The molecule has 0 amide bonds. The number of benzene rings is 1. The summed E-state index contributed by atoms with van der Waals surface area (Å²) >= 11 is 0. The molecule has 1 aromatic carbocycles. The van der Waals surface area contributed by atoms with Crippen LogP contribution in [0.2, 0.25) is 0 Å². The second-order valence-corrected chi connectivity index (χ2v) is 3.64. The molecule has 16 heavy (non-hydrogen) atoms. The van der Waals surface area contributed by atoms with Gasteiger partial charge in [0.05, 0.1) is 6.07 Å². The number of hydrogen-bond acceptors (Lipinski definition) is 3. The van der Waals surface area contributed by atoms with Crippen molar-refractivity contribution in [2.24, 2.45) is 0 Å². The Morgan fingerprint density at radius 2 is 2.19 bits per heavy atom. The van der Waals surface area contributed by atoms with E-state index in [1.807, 2.05) is 12.3 Å². The lowest BCUT2D eigenvalue weighted by molar-refractivity contribution is 0.699. The maximum Gasteiger partial charge on any atom is 0.0635 e. The number of nitriles is 1. The number of aromatic nitrogens is 1. The maximum absolute atomic E-state index is 8.41. The molecule has 3 nitrogen and oxygen atoms in total. The van der Waals surface area contributed by atoms with Gasteiger partial charge in [-0.1, -0.05) is 12.1 Å². The molecule has 2 rings (SSSR count). The first kappa shape index (κ1) is 10.6.